The summed E-state index contributed by atoms with van der Waals surface area (Å²) in [6.45, 7) is 1.75. The molecule has 0 spiro atoms. The Morgan fingerprint density at radius 3 is 3.18 bits per heavy atom. The lowest BCUT2D eigenvalue weighted by atomic mass is 9.97. The quantitative estimate of drug-likeness (QED) is 0.791. The molecule has 2 aromatic rings. The van der Waals surface area contributed by atoms with E-state index in [0.29, 0.717) is 0 Å². The first-order valence-corrected chi connectivity index (χ1v) is 5.92. The fourth-order valence-corrected chi connectivity index (χ4v) is 2.40. The average molecular weight is 229 g/mol. The van der Waals surface area contributed by atoms with E-state index in [1.165, 1.54) is 0 Å². The van der Waals surface area contributed by atoms with Crippen molar-refractivity contribution in [1.82, 2.24) is 14.9 Å². The zero-order valence-electron chi connectivity index (χ0n) is 9.81. The first kappa shape index (κ1) is 10.5. The summed E-state index contributed by atoms with van der Waals surface area (Å²) >= 11 is 0. The first-order chi connectivity index (χ1) is 8.25. The Balaban J connectivity index is 1.97. The molecule has 4 nitrogen and oxygen atoms in total. The second-order valence-corrected chi connectivity index (χ2v) is 4.61. The molecule has 1 atom stereocenters. The van der Waals surface area contributed by atoms with Crippen molar-refractivity contribution in [3.8, 4) is 0 Å². The predicted octanol–water partition coefficient (Wildman–Crippen LogP) is 1.37. The van der Waals surface area contributed by atoms with Gasteiger partial charge < -0.3 is 9.88 Å². The number of nitrogens with zero attached hydrogens (tertiary/aromatic N) is 2. The minimum atomic E-state index is 0.135. The van der Waals surface area contributed by atoms with E-state index < -0.39 is 0 Å². The van der Waals surface area contributed by atoms with Crippen molar-refractivity contribution < 1.29 is 4.79 Å². The Labute approximate surface area is 99.6 Å². The van der Waals surface area contributed by atoms with Crippen LogP contribution in [0.3, 0.4) is 0 Å². The minimum absolute atomic E-state index is 0.135. The van der Waals surface area contributed by atoms with Gasteiger partial charge in [0.05, 0.1) is 17.4 Å². The van der Waals surface area contributed by atoms with E-state index >= 15 is 0 Å². The zero-order chi connectivity index (χ0) is 11.8. The number of fused-ring (bicyclic) bond motifs is 1. The van der Waals surface area contributed by atoms with E-state index in [9.17, 15) is 4.79 Å². The SMILES string of the molecule is Cn1cnc2cc(C(=O)C3CCNC3)ccc21. The summed E-state index contributed by atoms with van der Waals surface area (Å²) in [5, 5.41) is 3.22. The highest BCUT2D eigenvalue weighted by Crippen LogP contribution is 2.19. The second kappa shape index (κ2) is 3.96. The molecule has 1 aromatic carbocycles. The maximum absolute atomic E-state index is 12.2. The third-order valence-corrected chi connectivity index (χ3v) is 3.44. The number of hydrogen-bond donors (Lipinski definition) is 1. The number of carbonyl (C=O) groups is 1. The van der Waals surface area contributed by atoms with E-state index in [2.05, 4.69) is 10.3 Å². The molecule has 0 aliphatic carbocycles. The van der Waals surface area contributed by atoms with Crippen molar-refractivity contribution in [2.24, 2.45) is 13.0 Å². The third-order valence-electron chi connectivity index (χ3n) is 3.44. The molecule has 4 heteroatoms. The van der Waals surface area contributed by atoms with Crippen LogP contribution in [0.4, 0.5) is 0 Å². The molecule has 2 heterocycles. The van der Waals surface area contributed by atoms with Gasteiger partial charge >= 0.3 is 0 Å². The molecule has 1 aromatic heterocycles. The lowest BCUT2D eigenvalue weighted by molar-refractivity contribution is 0.0930. The van der Waals surface area contributed by atoms with Crippen molar-refractivity contribution in [3.05, 3.63) is 30.1 Å². The van der Waals surface area contributed by atoms with Crippen LogP contribution in [-0.4, -0.2) is 28.4 Å². The van der Waals surface area contributed by atoms with Gasteiger partial charge in [-0.25, -0.2) is 4.98 Å². The number of nitrogens with one attached hydrogen (secondary N) is 1. The number of carbonyl (C=O) groups excluding carboxylic acids is 1. The molecule has 1 fully saturated rings. The van der Waals surface area contributed by atoms with Crippen LogP contribution in [0, 0.1) is 5.92 Å². The molecule has 0 bridgehead atoms. The molecule has 0 amide bonds. The van der Waals surface area contributed by atoms with Crippen LogP contribution in [-0.2, 0) is 7.05 Å². The Hall–Kier alpha value is -1.68. The second-order valence-electron chi connectivity index (χ2n) is 4.61. The van der Waals surface area contributed by atoms with Crippen LogP contribution >= 0.6 is 0 Å². The Morgan fingerprint density at radius 1 is 1.53 bits per heavy atom. The predicted molar refractivity (Wildman–Crippen MR) is 66.0 cm³/mol. The van der Waals surface area contributed by atoms with E-state index in [1.807, 2.05) is 29.8 Å². The average Bonchev–Trinajstić information content (AvgIpc) is 2.98. The smallest absolute Gasteiger partial charge is 0.167 e. The maximum atomic E-state index is 12.2. The first-order valence-electron chi connectivity index (χ1n) is 5.92. The molecule has 1 unspecified atom stereocenters. The Kier molecular flexibility index (Phi) is 2.44. The molecule has 0 radical (unpaired) electrons. The molecule has 88 valence electrons. The summed E-state index contributed by atoms with van der Waals surface area (Å²) in [5.41, 5.74) is 2.74. The number of benzene rings is 1. The number of aryl methyl sites for hydroxylation is 1. The fraction of sp³-hybridized carbons (Fsp3) is 0.385. The van der Waals surface area contributed by atoms with Gasteiger partial charge in [0.1, 0.15) is 0 Å². The van der Waals surface area contributed by atoms with Gasteiger partial charge in [0.2, 0.25) is 0 Å². The zero-order valence-corrected chi connectivity index (χ0v) is 9.81. The third kappa shape index (κ3) is 1.74. The fourth-order valence-electron chi connectivity index (χ4n) is 2.40. The highest BCUT2D eigenvalue weighted by atomic mass is 16.1. The molecule has 3 rings (SSSR count). The van der Waals surface area contributed by atoms with Crippen LogP contribution in [0.15, 0.2) is 24.5 Å². The molecule has 1 aliphatic rings. The summed E-state index contributed by atoms with van der Waals surface area (Å²) in [6, 6.07) is 5.78. The highest BCUT2D eigenvalue weighted by Gasteiger charge is 2.23. The van der Waals surface area contributed by atoms with Gasteiger partial charge in [0.15, 0.2) is 5.78 Å². The standard InChI is InChI=1S/C13H15N3O/c1-16-8-15-11-6-9(2-3-12(11)16)13(17)10-4-5-14-7-10/h2-3,6,8,10,14H,4-5,7H2,1H3. The number of Topliss-reactive ketones (excluding diaryl/α,β-unsaturated/α-hetero) is 1. The Bertz CT molecular complexity index is 567. The van der Waals surface area contributed by atoms with E-state index in [1.54, 1.807) is 6.33 Å². The van der Waals surface area contributed by atoms with Crippen LogP contribution < -0.4 is 5.32 Å². The summed E-state index contributed by atoms with van der Waals surface area (Å²) in [5.74, 6) is 0.374. The topological polar surface area (TPSA) is 46.9 Å². The number of rotatable bonds is 2. The molecule has 0 saturated carbocycles. The van der Waals surface area contributed by atoms with E-state index in [-0.39, 0.29) is 11.7 Å². The van der Waals surface area contributed by atoms with Gasteiger partial charge in [0.25, 0.3) is 0 Å². The van der Waals surface area contributed by atoms with Gasteiger partial charge in [0, 0.05) is 25.1 Å². The van der Waals surface area contributed by atoms with E-state index in [4.69, 9.17) is 0 Å². The lowest BCUT2D eigenvalue weighted by Crippen LogP contribution is -2.17. The molecular formula is C13H15N3O. The maximum Gasteiger partial charge on any atom is 0.167 e. The summed E-state index contributed by atoms with van der Waals surface area (Å²) in [7, 11) is 1.96. The van der Waals surface area contributed by atoms with Crippen molar-refractivity contribution >= 4 is 16.8 Å². The van der Waals surface area contributed by atoms with Gasteiger partial charge in [-0.05, 0) is 31.2 Å². The van der Waals surface area contributed by atoms with Gasteiger partial charge in [-0.1, -0.05) is 0 Å². The van der Waals surface area contributed by atoms with Crippen molar-refractivity contribution in [3.63, 3.8) is 0 Å². The molecule has 1 saturated heterocycles. The van der Waals surface area contributed by atoms with Gasteiger partial charge in [-0.15, -0.1) is 0 Å². The number of ketones is 1. The molecule has 17 heavy (non-hydrogen) atoms. The summed E-state index contributed by atoms with van der Waals surface area (Å²) < 4.78 is 1.96. The van der Waals surface area contributed by atoms with Crippen LogP contribution in [0.5, 0.6) is 0 Å². The minimum Gasteiger partial charge on any atom is -0.334 e. The lowest BCUT2D eigenvalue weighted by Gasteiger charge is -2.07. The highest BCUT2D eigenvalue weighted by molar-refractivity contribution is 6.00. The number of imidazole rings is 1. The van der Waals surface area contributed by atoms with Crippen LogP contribution in [0.1, 0.15) is 16.8 Å². The van der Waals surface area contributed by atoms with Gasteiger partial charge in [-0.3, -0.25) is 4.79 Å². The summed E-state index contributed by atoms with van der Waals surface area (Å²) in [4.78, 5) is 16.5. The van der Waals surface area contributed by atoms with Crippen LogP contribution in [0.2, 0.25) is 0 Å². The summed E-state index contributed by atoms with van der Waals surface area (Å²) in [6.07, 6.45) is 2.72. The normalized spacial score (nSPS) is 19.9. The largest absolute Gasteiger partial charge is 0.334 e. The molecular weight excluding hydrogens is 214 g/mol. The monoisotopic (exact) mass is 229 g/mol. The van der Waals surface area contributed by atoms with Crippen molar-refractivity contribution in [2.45, 2.75) is 6.42 Å². The number of aromatic nitrogens is 2. The molecule has 1 N–H and O–H groups in total. The van der Waals surface area contributed by atoms with E-state index in [0.717, 1.165) is 36.1 Å². The van der Waals surface area contributed by atoms with Crippen molar-refractivity contribution in [1.29, 1.82) is 0 Å². The Morgan fingerprint density at radius 2 is 2.41 bits per heavy atom. The van der Waals surface area contributed by atoms with Crippen molar-refractivity contribution in [2.75, 3.05) is 13.1 Å². The van der Waals surface area contributed by atoms with Crippen LogP contribution in [0.25, 0.3) is 11.0 Å². The van der Waals surface area contributed by atoms with Gasteiger partial charge in [-0.2, -0.15) is 0 Å². The molecule has 1 aliphatic heterocycles. The number of hydrogen-bond acceptors (Lipinski definition) is 3.